The molecule has 3 heterocycles. The average molecular weight is 420 g/mol. The number of Topliss-reactive ketones (excluding diaryl/α,β-unsaturated/α-hetero) is 1. The number of carbonyl (C=O) groups excluding carboxylic acids is 1. The Morgan fingerprint density at radius 3 is 2.65 bits per heavy atom. The molecule has 0 spiro atoms. The molecule has 0 fully saturated rings. The van der Waals surface area contributed by atoms with Crippen LogP contribution in [0.5, 0.6) is 0 Å². The average Bonchev–Trinajstić information content (AvgIpc) is 3.22. The van der Waals surface area contributed by atoms with Crippen LogP contribution >= 0.6 is 0 Å². The van der Waals surface area contributed by atoms with Crippen molar-refractivity contribution in [2.24, 2.45) is 0 Å². The standard InChI is InChI=1S/C21H16N4O6/c26-13-7-3-5-11-16(13)17(18-19(22-11)23-21(28)24-20(18)27)15-9-8-14(31-15)10-4-1-2-6-12(10)25(29)30/h1-2,4,6,8-9,17H,3,5,7H2,(H3,22,23,24,27,28). The van der Waals surface area contributed by atoms with Gasteiger partial charge in [0.15, 0.2) is 5.78 Å². The van der Waals surface area contributed by atoms with Crippen LogP contribution < -0.4 is 16.6 Å². The van der Waals surface area contributed by atoms with Gasteiger partial charge in [-0.2, -0.15) is 0 Å². The Labute approximate surface area is 173 Å². The molecule has 156 valence electrons. The molecule has 1 aromatic carbocycles. The van der Waals surface area contributed by atoms with E-state index in [1.54, 1.807) is 30.3 Å². The Kier molecular flexibility index (Phi) is 4.21. The van der Waals surface area contributed by atoms with Gasteiger partial charge in [-0.15, -0.1) is 0 Å². The molecule has 0 radical (unpaired) electrons. The van der Waals surface area contributed by atoms with Gasteiger partial charge in [0.25, 0.3) is 11.2 Å². The predicted octanol–water partition coefficient (Wildman–Crippen LogP) is 2.80. The van der Waals surface area contributed by atoms with E-state index in [1.165, 1.54) is 6.07 Å². The number of carbonyl (C=O) groups is 1. The molecule has 0 amide bonds. The largest absolute Gasteiger partial charge is 0.460 e. The normalized spacial score (nSPS) is 17.7. The molecule has 1 atom stereocenters. The molecule has 3 aromatic rings. The SMILES string of the molecule is O=C1CCCC2=C1C(c1ccc(-c3ccccc3[N+](=O)[O-])o1)c1c([nH]c(=O)[nH]c1=O)N2. The summed E-state index contributed by atoms with van der Waals surface area (Å²) in [5.74, 6) is -0.199. The lowest BCUT2D eigenvalue weighted by molar-refractivity contribution is -0.384. The van der Waals surface area contributed by atoms with Crippen molar-refractivity contribution in [2.45, 2.75) is 25.2 Å². The molecule has 10 heteroatoms. The predicted molar refractivity (Wildman–Crippen MR) is 110 cm³/mol. The summed E-state index contributed by atoms with van der Waals surface area (Å²) >= 11 is 0. The van der Waals surface area contributed by atoms with E-state index >= 15 is 0 Å². The van der Waals surface area contributed by atoms with Crippen molar-refractivity contribution in [3.63, 3.8) is 0 Å². The Hall–Kier alpha value is -4.21. The Bertz CT molecular complexity index is 1390. The van der Waals surface area contributed by atoms with Crippen LogP contribution in [0.15, 0.2) is 61.7 Å². The number of hydrogen-bond donors (Lipinski definition) is 3. The first-order valence-corrected chi connectivity index (χ1v) is 9.67. The van der Waals surface area contributed by atoms with Crippen LogP contribution in [0.2, 0.25) is 0 Å². The molecule has 0 bridgehead atoms. The first-order valence-electron chi connectivity index (χ1n) is 9.67. The molecule has 2 aromatic heterocycles. The van der Waals surface area contributed by atoms with Crippen LogP contribution in [0.1, 0.15) is 36.5 Å². The van der Waals surface area contributed by atoms with Gasteiger partial charge in [-0.25, -0.2) is 4.79 Å². The van der Waals surface area contributed by atoms with Gasteiger partial charge in [-0.1, -0.05) is 12.1 Å². The molecule has 0 saturated heterocycles. The van der Waals surface area contributed by atoms with Gasteiger partial charge in [0, 0.05) is 23.8 Å². The maximum atomic E-state index is 12.8. The van der Waals surface area contributed by atoms with E-state index in [9.17, 15) is 24.5 Å². The fourth-order valence-corrected chi connectivity index (χ4v) is 4.27. The minimum atomic E-state index is -0.837. The summed E-state index contributed by atoms with van der Waals surface area (Å²) in [5.41, 5.74) is 0.0823. The van der Waals surface area contributed by atoms with Crippen LogP contribution in [-0.4, -0.2) is 20.7 Å². The molecule has 1 aliphatic carbocycles. The van der Waals surface area contributed by atoms with Gasteiger partial charge in [0.2, 0.25) is 0 Å². The second-order valence-electron chi connectivity index (χ2n) is 7.40. The van der Waals surface area contributed by atoms with E-state index in [0.29, 0.717) is 30.5 Å². The zero-order valence-corrected chi connectivity index (χ0v) is 16.1. The number of aromatic amines is 2. The van der Waals surface area contributed by atoms with Crippen LogP contribution in [0.3, 0.4) is 0 Å². The van der Waals surface area contributed by atoms with Crippen LogP contribution in [0.4, 0.5) is 11.5 Å². The number of aromatic nitrogens is 2. The highest BCUT2D eigenvalue weighted by atomic mass is 16.6. The number of ketones is 1. The number of para-hydroxylation sites is 1. The summed E-state index contributed by atoms with van der Waals surface area (Å²) in [4.78, 5) is 53.0. The Morgan fingerprint density at radius 2 is 1.84 bits per heavy atom. The molecular formula is C21H16N4O6. The molecule has 2 aliphatic rings. The second-order valence-corrected chi connectivity index (χ2v) is 7.40. The molecule has 3 N–H and O–H groups in total. The van der Waals surface area contributed by atoms with E-state index in [4.69, 9.17) is 4.42 Å². The molecule has 1 unspecified atom stereocenters. The van der Waals surface area contributed by atoms with E-state index in [1.807, 2.05) is 0 Å². The van der Waals surface area contributed by atoms with Crippen molar-refractivity contribution in [1.82, 2.24) is 9.97 Å². The summed E-state index contributed by atoms with van der Waals surface area (Å²) in [6.07, 6.45) is 1.58. The Balaban J connectivity index is 1.71. The maximum absolute atomic E-state index is 12.8. The molecule has 5 rings (SSSR count). The molecule has 1 aliphatic heterocycles. The lowest BCUT2D eigenvalue weighted by atomic mass is 9.79. The summed E-state index contributed by atoms with van der Waals surface area (Å²) in [6, 6.07) is 9.33. The number of nitrogens with one attached hydrogen (secondary N) is 3. The summed E-state index contributed by atoms with van der Waals surface area (Å²) in [6.45, 7) is 0. The van der Waals surface area contributed by atoms with Crippen molar-refractivity contribution in [3.8, 4) is 11.3 Å². The van der Waals surface area contributed by atoms with Crippen LogP contribution in [0.25, 0.3) is 11.3 Å². The summed E-state index contributed by atoms with van der Waals surface area (Å²) in [5, 5.41) is 14.4. The van der Waals surface area contributed by atoms with Crippen molar-refractivity contribution < 1.29 is 14.1 Å². The molecule has 0 saturated carbocycles. The van der Waals surface area contributed by atoms with Crippen LogP contribution in [-0.2, 0) is 4.79 Å². The van der Waals surface area contributed by atoms with Gasteiger partial charge in [0.05, 0.1) is 22.0 Å². The number of benzene rings is 1. The number of H-pyrrole nitrogens is 2. The third-order valence-electron chi connectivity index (χ3n) is 5.57. The maximum Gasteiger partial charge on any atom is 0.327 e. The fourth-order valence-electron chi connectivity index (χ4n) is 4.27. The molecular weight excluding hydrogens is 404 g/mol. The minimum absolute atomic E-state index is 0.112. The highest BCUT2D eigenvalue weighted by Crippen LogP contribution is 2.44. The lowest BCUT2D eigenvalue weighted by Crippen LogP contribution is -2.35. The van der Waals surface area contributed by atoms with Gasteiger partial charge in [-0.3, -0.25) is 29.7 Å². The first kappa shape index (κ1) is 18.8. The molecule has 10 nitrogen and oxygen atoms in total. The number of allylic oxidation sites excluding steroid dienone is 2. The van der Waals surface area contributed by atoms with Gasteiger partial charge < -0.3 is 9.73 Å². The number of fused-ring (bicyclic) bond motifs is 1. The minimum Gasteiger partial charge on any atom is -0.460 e. The number of nitro benzene ring substituents is 1. The zero-order chi connectivity index (χ0) is 21.7. The van der Waals surface area contributed by atoms with Crippen LogP contribution in [0, 0.1) is 10.1 Å². The van der Waals surface area contributed by atoms with Crippen molar-refractivity contribution in [1.29, 1.82) is 0 Å². The smallest absolute Gasteiger partial charge is 0.327 e. The van der Waals surface area contributed by atoms with Crippen molar-refractivity contribution >= 4 is 17.3 Å². The number of nitrogens with zero attached hydrogens (tertiary/aromatic N) is 1. The van der Waals surface area contributed by atoms with Crippen molar-refractivity contribution in [2.75, 3.05) is 5.32 Å². The monoisotopic (exact) mass is 420 g/mol. The quantitative estimate of drug-likeness (QED) is 0.435. The van der Waals surface area contributed by atoms with Gasteiger partial charge >= 0.3 is 5.69 Å². The Morgan fingerprint density at radius 1 is 1.03 bits per heavy atom. The van der Waals surface area contributed by atoms with Gasteiger partial charge in [-0.05, 0) is 31.0 Å². The second kappa shape index (κ2) is 6.94. The van der Waals surface area contributed by atoms with E-state index in [0.717, 1.165) is 0 Å². The highest BCUT2D eigenvalue weighted by molar-refractivity contribution is 6.00. The van der Waals surface area contributed by atoms with E-state index in [-0.39, 0.29) is 39.9 Å². The first-order chi connectivity index (χ1) is 14.9. The van der Waals surface area contributed by atoms with E-state index < -0.39 is 22.1 Å². The number of anilines is 1. The number of hydrogen-bond acceptors (Lipinski definition) is 7. The zero-order valence-electron chi connectivity index (χ0n) is 16.1. The number of furan rings is 1. The fraction of sp³-hybridized carbons (Fsp3) is 0.190. The van der Waals surface area contributed by atoms with E-state index in [2.05, 4.69) is 15.3 Å². The summed E-state index contributed by atoms with van der Waals surface area (Å²) in [7, 11) is 0. The topological polar surface area (TPSA) is 151 Å². The summed E-state index contributed by atoms with van der Waals surface area (Å²) < 4.78 is 5.98. The van der Waals surface area contributed by atoms with Gasteiger partial charge in [0.1, 0.15) is 17.3 Å². The highest BCUT2D eigenvalue weighted by Gasteiger charge is 2.39. The third kappa shape index (κ3) is 3.00. The lowest BCUT2D eigenvalue weighted by Gasteiger charge is -2.31. The number of nitro groups is 1. The third-order valence-corrected chi connectivity index (χ3v) is 5.57. The van der Waals surface area contributed by atoms with Crippen molar-refractivity contribution in [3.05, 3.63) is 89.9 Å². The molecule has 31 heavy (non-hydrogen) atoms. The number of rotatable bonds is 3.